The zero-order valence-electron chi connectivity index (χ0n) is 9.56. The van der Waals surface area contributed by atoms with Crippen LogP contribution in [0.25, 0.3) is 0 Å². The molecule has 1 heterocycles. The van der Waals surface area contributed by atoms with Crippen molar-refractivity contribution >= 4 is 28.9 Å². The van der Waals surface area contributed by atoms with Crippen LogP contribution in [0.1, 0.15) is 5.56 Å². The molecule has 0 radical (unpaired) electrons. The molecule has 0 aliphatic rings. The topological polar surface area (TPSA) is 68.0 Å². The van der Waals surface area contributed by atoms with Gasteiger partial charge in [0.05, 0.1) is 18.3 Å². The fourth-order valence-electron chi connectivity index (χ4n) is 1.54. The third-order valence-corrected chi connectivity index (χ3v) is 2.55. The third-order valence-electron chi connectivity index (χ3n) is 2.33. The van der Waals surface area contributed by atoms with E-state index in [2.05, 4.69) is 10.3 Å². The van der Waals surface area contributed by atoms with Crippen LogP contribution in [-0.2, 0) is 11.2 Å². The van der Waals surface area contributed by atoms with Crippen molar-refractivity contribution in [3.05, 3.63) is 53.3 Å². The number of anilines is 2. The highest BCUT2D eigenvalue weighted by Gasteiger charge is 2.04. The summed E-state index contributed by atoms with van der Waals surface area (Å²) in [5, 5.41) is 3.13. The van der Waals surface area contributed by atoms with E-state index in [1.54, 1.807) is 24.3 Å². The maximum Gasteiger partial charge on any atom is 0.228 e. The fourth-order valence-corrected chi connectivity index (χ4v) is 1.66. The molecule has 92 valence electrons. The van der Waals surface area contributed by atoms with Crippen LogP contribution in [0.15, 0.2) is 42.6 Å². The SMILES string of the molecule is Nc1cccc(CC(=O)Nc2ccc(Cl)nc2)c1. The molecule has 1 aromatic heterocycles. The van der Waals surface area contributed by atoms with Gasteiger partial charge in [-0.2, -0.15) is 0 Å². The molecule has 2 aromatic rings. The summed E-state index contributed by atoms with van der Waals surface area (Å²) >= 11 is 5.66. The van der Waals surface area contributed by atoms with Crippen LogP contribution in [0.2, 0.25) is 5.15 Å². The maximum atomic E-state index is 11.8. The smallest absolute Gasteiger partial charge is 0.228 e. The summed E-state index contributed by atoms with van der Waals surface area (Å²) in [5.41, 5.74) is 7.78. The van der Waals surface area contributed by atoms with Crippen LogP contribution in [-0.4, -0.2) is 10.9 Å². The predicted octanol–water partition coefficient (Wildman–Crippen LogP) is 2.50. The van der Waals surface area contributed by atoms with Crippen LogP contribution in [0.3, 0.4) is 0 Å². The number of carbonyl (C=O) groups is 1. The number of hydrogen-bond acceptors (Lipinski definition) is 3. The molecule has 0 saturated heterocycles. The Hall–Kier alpha value is -2.07. The maximum absolute atomic E-state index is 11.8. The number of aromatic nitrogens is 1. The van der Waals surface area contributed by atoms with Crippen molar-refractivity contribution in [3.8, 4) is 0 Å². The van der Waals surface area contributed by atoms with Gasteiger partial charge >= 0.3 is 0 Å². The van der Waals surface area contributed by atoms with E-state index in [1.807, 2.05) is 12.1 Å². The van der Waals surface area contributed by atoms with Gasteiger partial charge in [0.15, 0.2) is 0 Å². The molecule has 1 amide bonds. The van der Waals surface area contributed by atoms with Gasteiger partial charge in [-0.1, -0.05) is 23.7 Å². The molecule has 2 rings (SSSR count). The van der Waals surface area contributed by atoms with E-state index in [0.29, 0.717) is 16.5 Å². The van der Waals surface area contributed by atoms with Crippen LogP contribution < -0.4 is 11.1 Å². The Morgan fingerprint density at radius 2 is 2.17 bits per heavy atom. The number of nitrogen functional groups attached to an aromatic ring is 1. The Morgan fingerprint density at radius 1 is 1.33 bits per heavy atom. The molecule has 0 aliphatic heterocycles. The molecule has 0 saturated carbocycles. The first-order valence-electron chi connectivity index (χ1n) is 5.39. The Labute approximate surface area is 110 Å². The van der Waals surface area contributed by atoms with Gasteiger partial charge in [0.2, 0.25) is 5.91 Å². The first-order chi connectivity index (χ1) is 8.63. The van der Waals surface area contributed by atoms with Crippen molar-refractivity contribution in [1.82, 2.24) is 4.98 Å². The molecule has 0 atom stereocenters. The zero-order chi connectivity index (χ0) is 13.0. The van der Waals surface area contributed by atoms with Crippen molar-refractivity contribution in [2.45, 2.75) is 6.42 Å². The minimum absolute atomic E-state index is 0.121. The average molecular weight is 262 g/mol. The lowest BCUT2D eigenvalue weighted by Crippen LogP contribution is -2.14. The molecule has 18 heavy (non-hydrogen) atoms. The summed E-state index contributed by atoms with van der Waals surface area (Å²) in [6.07, 6.45) is 1.78. The molecule has 1 aromatic carbocycles. The lowest BCUT2D eigenvalue weighted by atomic mass is 10.1. The van der Waals surface area contributed by atoms with E-state index in [4.69, 9.17) is 17.3 Å². The van der Waals surface area contributed by atoms with Crippen molar-refractivity contribution in [2.24, 2.45) is 0 Å². The quantitative estimate of drug-likeness (QED) is 0.659. The molecule has 0 unspecified atom stereocenters. The number of carbonyl (C=O) groups excluding carboxylic acids is 1. The van der Waals surface area contributed by atoms with E-state index in [-0.39, 0.29) is 12.3 Å². The molecule has 5 heteroatoms. The van der Waals surface area contributed by atoms with E-state index in [1.165, 1.54) is 6.20 Å². The molecule has 0 bridgehead atoms. The van der Waals surface area contributed by atoms with Crippen molar-refractivity contribution in [1.29, 1.82) is 0 Å². The van der Waals surface area contributed by atoms with Gasteiger partial charge in [-0.15, -0.1) is 0 Å². The fraction of sp³-hybridized carbons (Fsp3) is 0.0769. The summed E-state index contributed by atoms with van der Waals surface area (Å²) in [6.45, 7) is 0. The Balaban J connectivity index is 1.98. The van der Waals surface area contributed by atoms with Gasteiger partial charge in [-0.05, 0) is 29.8 Å². The molecule has 0 aliphatic carbocycles. The number of nitrogens with zero attached hydrogens (tertiary/aromatic N) is 1. The van der Waals surface area contributed by atoms with Crippen LogP contribution in [0.5, 0.6) is 0 Å². The lowest BCUT2D eigenvalue weighted by molar-refractivity contribution is -0.115. The normalized spacial score (nSPS) is 10.1. The molecular weight excluding hydrogens is 250 g/mol. The molecule has 0 spiro atoms. The summed E-state index contributed by atoms with van der Waals surface area (Å²) in [7, 11) is 0. The molecular formula is C13H12ClN3O. The highest BCUT2D eigenvalue weighted by Crippen LogP contribution is 2.11. The van der Waals surface area contributed by atoms with Crippen LogP contribution in [0, 0.1) is 0 Å². The number of rotatable bonds is 3. The number of pyridine rings is 1. The van der Waals surface area contributed by atoms with E-state index >= 15 is 0 Å². The number of halogens is 1. The first-order valence-corrected chi connectivity index (χ1v) is 5.77. The molecule has 0 fully saturated rings. The van der Waals surface area contributed by atoms with Crippen LogP contribution >= 0.6 is 11.6 Å². The van der Waals surface area contributed by atoms with Gasteiger partial charge in [0, 0.05) is 5.69 Å². The monoisotopic (exact) mass is 261 g/mol. The van der Waals surface area contributed by atoms with E-state index < -0.39 is 0 Å². The minimum atomic E-state index is -0.121. The van der Waals surface area contributed by atoms with Crippen molar-refractivity contribution < 1.29 is 4.79 Å². The van der Waals surface area contributed by atoms with E-state index in [0.717, 1.165) is 5.56 Å². The second kappa shape index (κ2) is 5.51. The Bertz CT molecular complexity index is 554. The largest absolute Gasteiger partial charge is 0.399 e. The summed E-state index contributed by atoms with van der Waals surface area (Å²) in [5.74, 6) is -0.121. The standard InChI is InChI=1S/C13H12ClN3O/c14-12-5-4-11(8-16-12)17-13(18)7-9-2-1-3-10(15)6-9/h1-6,8H,7,15H2,(H,17,18). The summed E-state index contributed by atoms with van der Waals surface area (Å²) < 4.78 is 0. The Morgan fingerprint density at radius 3 is 2.83 bits per heavy atom. The first kappa shape index (κ1) is 12.4. The molecule has 3 N–H and O–H groups in total. The van der Waals surface area contributed by atoms with Crippen molar-refractivity contribution in [2.75, 3.05) is 11.1 Å². The van der Waals surface area contributed by atoms with Gasteiger partial charge in [0.25, 0.3) is 0 Å². The Kier molecular flexibility index (Phi) is 3.79. The van der Waals surface area contributed by atoms with Crippen LogP contribution in [0.4, 0.5) is 11.4 Å². The van der Waals surface area contributed by atoms with Gasteiger partial charge in [-0.3, -0.25) is 4.79 Å². The number of nitrogens with two attached hydrogens (primary N) is 1. The van der Waals surface area contributed by atoms with Gasteiger partial charge in [0.1, 0.15) is 5.15 Å². The number of hydrogen-bond donors (Lipinski definition) is 2. The summed E-state index contributed by atoms with van der Waals surface area (Å²) in [6, 6.07) is 10.6. The highest BCUT2D eigenvalue weighted by atomic mass is 35.5. The number of benzene rings is 1. The zero-order valence-corrected chi connectivity index (χ0v) is 10.3. The van der Waals surface area contributed by atoms with E-state index in [9.17, 15) is 4.79 Å². The lowest BCUT2D eigenvalue weighted by Gasteiger charge is -2.05. The minimum Gasteiger partial charge on any atom is -0.399 e. The molecule has 4 nitrogen and oxygen atoms in total. The average Bonchev–Trinajstić information content (AvgIpc) is 2.32. The number of amides is 1. The second-order valence-electron chi connectivity index (χ2n) is 3.84. The van der Waals surface area contributed by atoms with Crippen molar-refractivity contribution in [3.63, 3.8) is 0 Å². The highest BCUT2D eigenvalue weighted by molar-refractivity contribution is 6.29. The predicted molar refractivity (Wildman–Crippen MR) is 72.4 cm³/mol. The summed E-state index contributed by atoms with van der Waals surface area (Å²) in [4.78, 5) is 15.6. The van der Waals surface area contributed by atoms with Gasteiger partial charge < -0.3 is 11.1 Å². The second-order valence-corrected chi connectivity index (χ2v) is 4.23. The van der Waals surface area contributed by atoms with Gasteiger partial charge in [-0.25, -0.2) is 4.98 Å². The number of nitrogens with one attached hydrogen (secondary N) is 1. The third kappa shape index (κ3) is 3.46.